The van der Waals surface area contributed by atoms with E-state index in [-0.39, 0.29) is 52.0 Å². The molecule has 1 N–H and O–H groups in total. The predicted molar refractivity (Wildman–Crippen MR) is 139 cm³/mol. The Bertz CT molecular complexity index is 1300. The van der Waals surface area contributed by atoms with Gasteiger partial charge in [0.25, 0.3) is 5.91 Å². The Hall–Kier alpha value is -2.88. The second-order valence-electron chi connectivity index (χ2n) is 9.70. The molecule has 2 heterocycles. The molecule has 1 unspecified atom stereocenters. The topological polar surface area (TPSA) is 88.3 Å². The summed E-state index contributed by atoms with van der Waals surface area (Å²) >= 11 is 12.4. The molecule has 1 amide bonds. The van der Waals surface area contributed by atoms with Crippen LogP contribution in [-0.4, -0.2) is 43.0 Å². The molecule has 3 aromatic rings. The fraction of sp³-hybridized carbons (Fsp3) is 0.407. The van der Waals surface area contributed by atoms with Gasteiger partial charge in [0, 0.05) is 42.2 Å². The molecule has 0 radical (unpaired) electrons. The van der Waals surface area contributed by atoms with Crippen molar-refractivity contribution in [3.63, 3.8) is 0 Å². The predicted octanol–water partition coefficient (Wildman–Crippen LogP) is 5.87. The van der Waals surface area contributed by atoms with E-state index < -0.39 is 23.6 Å². The van der Waals surface area contributed by atoms with Gasteiger partial charge in [0.05, 0.1) is 40.5 Å². The summed E-state index contributed by atoms with van der Waals surface area (Å²) in [6, 6.07) is 3.06. The Kier molecular flexibility index (Phi) is 8.80. The molecule has 1 aromatic carbocycles. The first-order valence-corrected chi connectivity index (χ1v) is 13.1. The molecule has 2 aromatic heterocycles. The van der Waals surface area contributed by atoms with Crippen LogP contribution in [0.3, 0.4) is 0 Å². The largest absolute Gasteiger partial charge is 0.386 e. The highest BCUT2D eigenvalue weighted by atomic mass is 35.5. The molecule has 1 aliphatic carbocycles. The molecule has 11 heteroatoms. The monoisotopic (exact) mass is 564 g/mol. The summed E-state index contributed by atoms with van der Waals surface area (Å²) in [6.07, 6.45) is 5.89. The van der Waals surface area contributed by atoms with E-state index in [2.05, 4.69) is 10.1 Å². The first kappa shape index (κ1) is 28.1. The van der Waals surface area contributed by atoms with E-state index in [0.717, 1.165) is 43.9 Å². The summed E-state index contributed by atoms with van der Waals surface area (Å²) in [6.45, 7) is 2.96. The number of aromatic nitrogens is 3. The lowest BCUT2D eigenvalue weighted by atomic mass is 9.84. The number of amides is 1. The van der Waals surface area contributed by atoms with Crippen molar-refractivity contribution in [2.24, 2.45) is 5.92 Å². The van der Waals surface area contributed by atoms with Crippen molar-refractivity contribution in [3.8, 4) is 0 Å². The van der Waals surface area contributed by atoms with Gasteiger partial charge in [-0.15, -0.1) is 0 Å². The molecule has 1 aliphatic rings. The normalized spacial score (nSPS) is 18.3. The Morgan fingerprint density at radius 1 is 1.08 bits per heavy atom. The van der Waals surface area contributed by atoms with Crippen LogP contribution in [0.15, 0.2) is 36.8 Å². The number of pyridine rings is 1. The molecule has 1 fully saturated rings. The van der Waals surface area contributed by atoms with Crippen molar-refractivity contribution in [2.75, 3.05) is 6.54 Å². The molecule has 0 aliphatic heterocycles. The molecular formula is C27H28Cl2F2N4O3. The minimum Gasteiger partial charge on any atom is -0.386 e. The smallest absolute Gasteiger partial charge is 0.257 e. The van der Waals surface area contributed by atoms with Gasteiger partial charge in [0.1, 0.15) is 17.4 Å². The molecule has 7 nitrogen and oxygen atoms in total. The van der Waals surface area contributed by atoms with Crippen molar-refractivity contribution in [1.82, 2.24) is 19.7 Å². The number of hydrogen-bond acceptors (Lipinski definition) is 5. The number of rotatable bonds is 8. The van der Waals surface area contributed by atoms with Gasteiger partial charge < -0.3 is 10.0 Å². The van der Waals surface area contributed by atoms with Gasteiger partial charge in [0.15, 0.2) is 0 Å². The second kappa shape index (κ2) is 11.9. The molecule has 1 saturated carbocycles. The number of halogens is 4. The summed E-state index contributed by atoms with van der Waals surface area (Å²) < 4.78 is 29.6. The third-order valence-electron chi connectivity index (χ3n) is 7.09. The number of ketones is 1. The molecule has 38 heavy (non-hydrogen) atoms. The van der Waals surface area contributed by atoms with Gasteiger partial charge in [0.2, 0.25) is 0 Å². The Labute approximate surface area is 229 Å². The first-order chi connectivity index (χ1) is 18.0. The molecule has 0 bridgehead atoms. The van der Waals surface area contributed by atoms with Gasteiger partial charge in [-0.3, -0.25) is 19.3 Å². The Balaban J connectivity index is 1.62. The van der Waals surface area contributed by atoms with Gasteiger partial charge in [-0.05, 0) is 57.2 Å². The Morgan fingerprint density at radius 2 is 1.68 bits per heavy atom. The average Bonchev–Trinajstić information content (AvgIpc) is 3.23. The van der Waals surface area contributed by atoms with Gasteiger partial charge in [-0.2, -0.15) is 5.10 Å². The molecular weight excluding hydrogens is 537 g/mol. The summed E-state index contributed by atoms with van der Waals surface area (Å²) in [4.78, 5) is 30.7. The third-order valence-corrected chi connectivity index (χ3v) is 7.69. The van der Waals surface area contributed by atoms with E-state index in [1.807, 2.05) is 0 Å². The van der Waals surface area contributed by atoms with Crippen LogP contribution in [-0.2, 0) is 11.3 Å². The van der Waals surface area contributed by atoms with Crippen LogP contribution in [0.2, 0.25) is 10.0 Å². The van der Waals surface area contributed by atoms with Crippen LogP contribution in [0.4, 0.5) is 8.78 Å². The summed E-state index contributed by atoms with van der Waals surface area (Å²) in [5.74, 6) is -1.79. The van der Waals surface area contributed by atoms with Crippen molar-refractivity contribution < 1.29 is 23.5 Å². The van der Waals surface area contributed by atoms with Crippen LogP contribution in [0.25, 0.3) is 0 Å². The van der Waals surface area contributed by atoms with Crippen molar-refractivity contribution in [1.29, 1.82) is 0 Å². The number of carbonyl (C=O) groups is 2. The fourth-order valence-electron chi connectivity index (χ4n) is 5.08. The highest BCUT2D eigenvalue weighted by molar-refractivity contribution is 6.35. The number of aliphatic hydroxyl groups excluding tert-OH is 1. The molecule has 4 rings (SSSR count). The standard InChI is InChI=1S/C27H28Cl2F2N4O3/c1-15-22(10-33-35(15)21-5-3-18(4-6-21)16(2)36)27(38)34(13-17-7-19(30)9-20(31)8-17)14-25(37)26-23(28)11-32-12-24(26)29/h7-12,18,21,25,37H,3-6,13-14H2,1-2H3. The van der Waals surface area contributed by atoms with E-state index in [1.54, 1.807) is 18.5 Å². The zero-order chi connectivity index (χ0) is 27.6. The van der Waals surface area contributed by atoms with E-state index in [0.29, 0.717) is 11.3 Å². The van der Waals surface area contributed by atoms with Crippen molar-refractivity contribution in [3.05, 3.63) is 80.9 Å². The van der Waals surface area contributed by atoms with E-state index in [4.69, 9.17) is 23.2 Å². The van der Waals surface area contributed by atoms with E-state index >= 15 is 0 Å². The third kappa shape index (κ3) is 6.22. The summed E-state index contributed by atoms with van der Waals surface area (Å²) in [5, 5.41) is 15.7. The molecule has 202 valence electrons. The minimum absolute atomic E-state index is 0.0536. The van der Waals surface area contributed by atoms with Crippen LogP contribution in [0.1, 0.15) is 71.9 Å². The summed E-state index contributed by atoms with van der Waals surface area (Å²) in [5.41, 5.74) is 1.34. The lowest BCUT2D eigenvalue weighted by Crippen LogP contribution is -2.35. The maximum atomic E-state index is 13.9. The van der Waals surface area contributed by atoms with E-state index in [9.17, 15) is 23.5 Å². The van der Waals surface area contributed by atoms with E-state index in [1.165, 1.54) is 23.5 Å². The zero-order valence-electron chi connectivity index (χ0n) is 21.0. The number of hydrogen-bond donors (Lipinski definition) is 1. The lowest BCUT2D eigenvalue weighted by Gasteiger charge is -2.28. The van der Waals surface area contributed by atoms with Crippen molar-refractivity contribution in [2.45, 2.75) is 58.2 Å². The average molecular weight is 565 g/mol. The number of carbonyl (C=O) groups excluding carboxylic acids is 2. The lowest BCUT2D eigenvalue weighted by molar-refractivity contribution is -0.121. The van der Waals surface area contributed by atoms with Crippen LogP contribution >= 0.6 is 23.2 Å². The number of benzene rings is 1. The fourth-order valence-corrected chi connectivity index (χ4v) is 5.70. The van der Waals surface area contributed by atoms with Crippen LogP contribution in [0, 0.1) is 24.5 Å². The minimum atomic E-state index is -1.29. The van der Waals surface area contributed by atoms with Gasteiger partial charge in [-0.25, -0.2) is 8.78 Å². The maximum Gasteiger partial charge on any atom is 0.257 e. The quantitative estimate of drug-likeness (QED) is 0.369. The van der Waals surface area contributed by atoms with Crippen LogP contribution < -0.4 is 0 Å². The zero-order valence-corrected chi connectivity index (χ0v) is 22.5. The highest BCUT2D eigenvalue weighted by Crippen LogP contribution is 2.34. The number of Topliss-reactive ketones (excluding diaryl/α,β-unsaturated/α-hetero) is 1. The first-order valence-electron chi connectivity index (χ1n) is 12.3. The van der Waals surface area contributed by atoms with Gasteiger partial charge >= 0.3 is 0 Å². The van der Waals surface area contributed by atoms with Gasteiger partial charge in [-0.1, -0.05) is 23.2 Å². The Morgan fingerprint density at radius 3 is 2.26 bits per heavy atom. The molecule has 0 spiro atoms. The summed E-state index contributed by atoms with van der Waals surface area (Å²) in [7, 11) is 0. The molecule has 1 atom stereocenters. The van der Waals surface area contributed by atoms with Crippen molar-refractivity contribution >= 4 is 34.9 Å². The number of aliphatic hydroxyl groups is 1. The SMILES string of the molecule is CC(=O)C1CCC(n2ncc(C(=O)N(Cc3cc(F)cc(F)c3)CC(O)c3c(Cl)cncc3Cl)c2C)CC1. The highest BCUT2D eigenvalue weighted by Gasteiger charge is 2.30. The second-order valence-corrected chi connectivity index (χ2v) is 10.5. The van der Waals surface area contributed by atoms with Crippen LogP contribution in [0.5, 0.6) is 0 Å². The maximum absolute atomic E-state index is 13.9. The molecule has 0 saturated heterocycles. The number of nitrogens with zero attached hydrogens (tertiary/aromatic N) is 4.